The largest absolute Gasteiger partial charge is 1.00 e. The minimum absolute atomic E-state index is 0. The quantitative estimate of drug-likeness (QED) is 0.382. The molecule has 0 unspecified atom stereocenters. The Morgan fingerprint density at radius 3 is 1.00 bits per heavy atom. The molecule has 0 atom stereocenters. The number of hydrogen-bond acceptors (Lipinski definition) is 8. The van der Waals surface area contributed by atoms with Crippen molar-refractivity contribution < 1.29 is 95.3 Å². The molecule has 0 rings (SSSR count). The molecule has 0 aliphatic carbocycles. The van der Waals surface area contributed by atoms with E-state index >= 15 is 0 Å². The molecule has 0 fully saturated rings. The van der Waals surface area contributed by atoms with Gasteiger partial charge in [-0.2, -0.15) is 0 Å². The third-order valence-corrected chi connectivity index (χ3v) is 2.70. The van der Waals surface area contributed by atoms with Crippen molar-refractivity contribution >= 4 is 20.2 Å². The second kappa shape index (κ2) is 12.2. The summed E-state index contributed by atoms with van der Waals surface area (Å²) >= 11 is 0. The zero-order chi connectivity index (χ0) is 11.1. The molecule has 0 amide bonds. The van der Waals surface area contributed by atoms with Gasteiger partial charge in [-0.1, -0.05) is 0 Å². The summed E-state index contributed by atoms with van der Waals surface area (Å²) in [5.41, 5.74) is 0. The smallest absolute Gasteiger partial charge is 0.747 e. The van der Waals surface area contributed by atoms with Crippen LogP contribution in [0.25, 0.3) is 0 Å². The first-order chi connectivity index (χ1) is 5.62. The second-order valence-electron chi connectivity index (χ2n) is 1.68. The molecule has 0 spiro atoms. The van der Waals surface area contributed by atoms with Crippen LogP contribution in [0.1, 0.15) is 0 Å². The summed E-state index contributed by atoms with van der Waals surface area (Å²) in [7, 11) is -9.86. The predicted octanol–water partition coefficient (Wildman–Crippen LogP) is -8.99. The van der Waals surface area contributed by atoms with Crippen LogP contribution in [0.2, 0.25) is 0 Å². The zero-order valence-corrected chi connectivity index (χ0v) is 13.9. The Hall–Kier alpha value is 1.74. The maximum atomic E-state index is 9.51. The maximum Gasteiger partial charge on any atom is 1.00 e. The van der Waals surface area contributed by atoms with E-state index < -0.39 is 25.3 Å². The van der Waals surface area contributed by atoms with Gasteiger partial charge in [-0.05, 0) is 0 Å². The minimum Gasteiger partial charge on any atom is -0.747 e. The number of hydrogen-bond donors (Lipinski definition) is 2. The van der Waals surface area contributed by atoms with E-state index in [2.05, 4.69) is 0 Å². The van der Waals surface area contributed by atoms with Crippen LogP contribution in [0, 0.1) is 0 Å². The number of rotatable bonds is 3. The molecule has 82 valence electrons. The van der Waals surface area contributed by atoms with Crippen LogP contribution in [0.5, 0.6) is 0 Å². The average molecular weight is 282 g/mol. The molecule has 0 aromatic heterocycles. The molecule has 0 radical (unpaired) electrons. The minimum atomic E-state index is -4.93. The van der Waals surface area contributed by atoms with Gasteiger partial charge >= 0.3 is 59.1 Å². The van der Waals surface area contributed by atoms with Crippen LogP contribution in [0.4, 0.5) is 0 Å². The number of aliphatic hydroxyl groups excluding tert-OH is 2. The summed E-state index contributed by atoms with van der Waals surface area (Å²) in [6.45, 7) is -0.250. The SMILES string of the molecule is O=S(=O)([O-])CS(=O)(=O)[O-].OCCO.[Na+].[Na+]. The zero-order valence-electron chi connectivity index (χ0n) is 8.28. The molecule has 15 heavy (non-hydrogen) atoms. The average Bonchev–Trinajstić information content (AvgIpc) is 1.80. The van der Waals surface area contributed by atoms with Gasteiger partial charge in [0.15, 0.2) is 0 Å². The normalized spacial score (nSPS) is 10.1. The molecule has 0 aliphatic rings. The van der Waals surface area contributed by atoms with Crippen LogP contribution in [-0.2, 0) is 20.2 Å². The Kier molecular flexibility index (Phi) is 20.8. The molecule has 0 aliphatic heterocycles. The molecule has 0 aromatic carbocycles. The summed E-state index contributed by atoms with van der Waals surface area (Å²) in [5.74, 6) is 0. The van der Waals surface area contributed by atoms with Crippen molar-refractivity contribution in [3.63, 3.8) is 0 Å². The van der Waals surface area contributed by atoms with Crippen LogP contribution in [0.3, 0.4) is 0 Å². The summed E-state index contributed by atoms with van der Waals surface area (Å²) in [5, 5.41) is 13.4. The van der Waals surface area contributed by atoms with E-state index in [1.807, 2.05) is 0 Å². The first kappa shape index (κ1) is 25.6. The Balaban J connectivity index is -0.0000000883. The summed E-state index contributed by atoms with van der Waals surface area (Å²) in [4.78, 5) is 0. The summed E-state index contributed by atoms with van der Waals surface area (Å²) in [6.07, 6.45) is 0. The van der Waals surface area contributed by atoms with Crippen molar-refractivity contribution in [2.45, 2.75) is 0 Å². The Labute approximate surface area is 132 Å². The van der Waals surface area contributed by atoms with E-state index in [0.717, 1.165) is 0 Å². The van der Waals surface area contributed by atoms with E-state index in [4.69, 9.17) is 10.2 Å². The monoisotopic (exact) mass is 282 g/mol. The fraction of sp³-hybridized carbons (Fsp3) is 1.00. The molecule has 0 bridgehead atoms. The fourth-order valence-corrected chi connectivity index (χ4v) is 1.59. The second-order valence-corrected chi connectivity index (χ2v) is 4.85. The van der Waals surface area contributed by atoms with Gasteiger partial charge in [0, 0.05) is 0 Å². The van der Waals surface area contributed by atoms with Gasteiger partial charge in [0.05, 0.1) is 13.2 Å². The summed E-state index contributed by atoms with van der Waals surface area (Å²) in [6, 6.07) is 0. The molecular formula is C3H8Na2O8S2. The third kappa shape index (κ3) is 38.9. The maximum absolute atomic E-state index is 9.51. The van der Waals surface area contributed by atoms with Gasteiger partial charge in [0.25, 0.3) is 0 Å². The topological polar surface area (TPSA) is 155 Å². The van der Waals surface area contributed by atoms with Crippen molar-refractivity contribution in [2.24, 2.45) is 0 Å². The molecule has 0 aromatic rings. The molecule has 0 saturated carbocycles. The van der Waals surface area contributed by atoms with Gasteiger partial charge in [-0.25, -0.2) is 16.8 Å². The Bertz CT molecular complexity index is 275. The first-order valence-corrected chi connectivity index (χ1v) is 5.86. The van der Waals surface area contributed by atoms with Crippen molar-refractivity contribution in [3.8, 4) is 0 Å². The van der Waals surface area contributed by atoms with E-state index in [1.165, 1.54) is 0 Å². The van der Waals surface area contributed by atoms with Crippen molar-refractivity contribution in [2.75, 3.05) is 18.3 Å². The van der Waals surface area contributed by atoms with Gasteiger partial charge in [0.1, 0.15) is 25.3 Å². The molecule has 2 N–H and O–H groups in total. The predicted molar refractivity (Wildman–Crippen MR) is 38.4 cm³/mol. The summed E-state index contributed by atoms with van der Waals surface area (Å²) < 4.78 is 57.1. The van der Waals surface area contributed by atoms with Gasteiger partial charge in [0.2, 0.25) is 0 Å². The van der Waals surface area contributed by atoms with Crippen molar-refractivity contribution in [1.29, 1.82) is 0 Å². The van der Waals surface area contributed by atoms with Crippen LogP contribution in [0.15, 0.2) is 0 Å². The van der Waals surface area contributed by atoms with Crippen LogP contribution < -0.4 is 59.1 Å². The standard InChI is InChI=1S/C2H6O2.CH4O6S2.2Na/c3-1-2-4;2-8(3,4)1-9(5,6)7;;/h3-4H,1-2H2;1H2,(H,2,3,4)(H,5,6,7);;/q;;2*+1/p-2. The van der Waals surface area contributed by atoms with E-state index in [0.29, 0.717) is 0 Å². The Morgan fingerprint density at radius 2 is 1.00 bits per heavy atom. The molecule has 0 saturated heterocycles. The van der Waals surface area contributed by atoms with Crippen molar-refractivity contribution in [1.82, 2.24) is 0 Å². The molecule has 8 nitrogen and oxygen atoms in total. The first-order valence-electron chi connectivity index (χ1n) is 2.71. The molecular weight excluding hydrogens is 274 g/mol. The van der Waals surface area contributed by atoms with E-state index in [-0.39, 0.29) is 72.3 Å². The number of aliphatic hydroxyl groups is 2. The van der Waals surface area contributed by atoms with Gasteiger partial charge in [-0.15, -0.1) is 0 Å². The van der Waals surface area contributed by atoms with Crippen molar-refractivity contribution in [3.05, 3.63) is 0 Å². The van der Waals surface area contributed by atoms with Gasteiger partial charge in [-0.3, -0.25) is 0 Å². The molecule has 12 heteroatoms. The molecule has 0 heterocycles. The van der Waals surface area contributed by atoms with E-state index in [9.17, 15) is 25.9 Å². The fourth-order valence-electron chi connectivity index (χ4n) is 0.177. The van der Waals surface area contributed by atoms with Crippen LogP contribution in [-0.4, -0.2) is 54.5 Å². The van der Waals surface area contributed by atoms with Crippen LogP contribution >= 0.6 is 0 Å². The Morgan fingerprint density at radius 1 is 0.800 bits per heavy atom. The third-order valence-electron chi connectivity index (χ3n) is 0.389. The van der Waals surface area contributed by atoms with Gasteiger partial charge < -0.3 is 19.3 Å². The van der Waals surface area contributed by atoms with E-state index in [1.54, 1.807) is 0 Å².